The van der Waals surface area contributed by atoms with Gasteiger partial charge in [0.2, 0.25) is 0 Å². The fourth-order valence-electron chi connectivity index (χ4n) is 4.28. The van der Waals surface area contributed by atoms with Crippen LogP contribution >= 0.6 is 11.6 Å². The van der Waals surface area contributed by atoms with Crippen LogP contribution in [0.5, 0.6) is 5.75 Å². The van der Waals surface area contributed by atoms with Crippen LogP contribution in [0.3, 0.4) is 0 Å². The summed E-state index contributed by atoms with van der Waals surface area (Å²) in [6, 6.07) is 14.1. The Balaban J connectivity index is 1.75. The molecular weight excluding hydrogens is 396 g/mol. The number of carbonyl (C=O) groups is 1. The van der Waals surface area contributed by atoms with Crippen LogP contribution in [0.4, 0.5) is 0 Å². The van der Waals surface area contributed by atoms with E-state index in [9.17, 15) is 4.79 Å². The Morgan fingerprint density at radius 1 is 1.13 bits per heavy atom. The third-order valence-electron chi connectivity index (χ3n) is 5.74. The standard InChI is InChI=1S/C25H27ClN2O2/c1-2-30-24-21-11-7-6-10-20(21)18(14-17-12-13-23(26)27-16-17)15-22(24)25(29)28-19-8-4-3-5-9-19/h6-7,10-13,15-16,19H,2-5,8-9,14H2,1H3,(H,28,29). The van der Waals surface area contributed by atoms with Gasteiger partial charge in [0.25, 0.3) is 5.91 Å². The van der Waals surface area contributed by atoms with Crippen LogP contribution < -0.4 is 10.1 Å². The van der Waals surface area contributed by atoms with Gasteiger partial charge in [0.1, 0.15) is 10.9 Å². The van der Waals surface area contributed by atoms with E-state index in [0.29, 0.717) is 29.5 Å². The Labute approximate surface area is 182 Å². The number of aromatic nitrogens is 1. The van der Waals surface area contributed by atoms with Gasteiger partial charge in [-0.25, -0.2) is 4.98 Å². The minimum absolute atomic E-state index is 0.0495. The van der Waals surface area contributed by atoms with Crippen molar-refractivity contribution in [3.8, 4) is 5.75 Å². The molecule has 0 bridgehead atoms. The van der Waals surface area contributed by atoms with Crippen LogP contribution in [-0.4, -0.2) is 23.5 Å². The quantitative estimate of drug-likeness (QED) is 0.500. The smallest absolute Gasteiger partial charge is 0.255 e. The van der Waals surface area contributed by atoms with E-state index in [-0.39, 0.29) is 11.9 Å². The zero-order valence-corrected chi connectivity index (χ0v) is 18.0. The number of pyridine rings is 1. The predicted octanol–water partition coefficient (Wildman–Crippen LogP) is 5.94. The maximum atomic E-state index is 13.3. The number of fused-ring (bicyclic) bond motifs is 1. The second kappa shape index (κ2) is 9.48. The van der Waals surface area contributed by atoms with Crippen molar-refractivity contribution >= 4 is 28.3 Å². The van der Waals surface area contributed by atoms with Crippen molar-refractivity contribution in [2.45, 2.75) is 51.5 Å². The minimum Gasteiger partial charge on any atom is -0.492 e. The Morgan fingerprint density at radius 3 is 2.60 bits per heavy atom. The highest BCUT2D eigenvalue weighted by molar-refractivity contribution is 6.29. The van der Waals surface area contributed by atoms with Gasteiger partial charge in [-0.05, 0) is 54.8 Å². The fourth-order valence-corrected chi connectivity index (χ4v) is 4.39. The molecule has 1 saturated carbocycles. The number of nitrogens with one attached hydrogen (secondary N) is 1. The first-order valence-corrected chi connectivity index (χ1v) is 11.1. The lowest BCUT2D eigenvalue weighted by atomic mass is 9.93. The molecule has 0 radical (unpaired) electrons. The van der Waals surface area contributed by atoms with Crippen LogP contribution in [0, 0.1) is 0 Å². The third-order valence-corrected chi connectivity index (χ3v) is 5.96. The van der Waals surface area contributed by atoms with Crippen LogP contribution in [0.2, 0.25) is 5.15 Å². The highest BCUT2D eigenvalue weighted by Crippen LogP contribution is 2.34. The Kier molecular flexibility index (Phi) is 6.53. The molecule has 1 aliphatic rings. The second-order valence-electron chi connectivity index (χ2n) is 7.87. The largest absolute Gasteiger partial charge is 0.492 e. The number of ether oxygens (including phenoxy) is 1. The van der Waals surface area contributed by atoms with Crippen LogP contribution in [0.25, 0.3) is 10.8 Å². The number of rotatable bonds is 6. The van der Waals surface area contributed by atoms with Crippen molar-refractivity contribution in [1.29, 1.82) is 0 Å². The molecule has 1 aromatic heterocycles. The van der Waals surface area contributed by atoms with Gasteiger partial charge in [0.05, 0.1) is 12.2 Å². The summed E-state index contributed by atoms with van der Waals surface area (Å²) in [5.41, 5.74) is 2.73. The van der Waals surface area contributed by atoms with Gasteiger partial charge < -0.3 is 10.1 Å². The average molecular weight is 423 g/mol. The van der Waals surface area contributed by atoms with E-state index in [2.05, 4.69) is 16.4 Å². The molecule has 4 rings (SSSR count). The number of amides is 1. The maximum absolute atomic E-state index is 13.3. The summed E-state index contributed by atoms with van der Waals surface area (Å²) in [7, 11) is 0. The summed E-state index contributed by atoms with van der Waals surface area (Å²) in [5.74, 6) is 0.617. The molecule has 156 valence electrons. The molecule has 0 atom stereocenters. The third kappa shape index (κ3) is 4.59. The van der Waals surface area contributed by atoms with E-state index in [0.717, 1.165) is 34.7 Å². The van der Waals surface area contributed by atoms with Crippen molar-refractivity contribution in [3.05, 3.63) is 70.5 Å². The first-order chi connectivity index (χ1) is 14.7. The molecule has 5 heteroatoms. The molecular formula is C25H27ClN2O2. The van der Waals surface area contributed by atoms with Crippen LogP contribution in [-0.2, 0) is 6.42 Å². The molecule has 1 N–H and O–H groups in total. The number of halogens is 1. The summed E-state index contributed by atoms with van der Waals surface area (Å²) < 4.78 is 5.99. The molecule has 0 unspecified atom stereocenters. The van der Waals surface area contributed by atoms with Crippen LogP contribution in [0.1, 0.15) is 60.5 Å². The highest BCUT2D eigenvalue weighted by Gasteiger charge is 2.22. The van der Waals surface area contributed by atoms with Crippen LogP contribution in [0.15, 0.2) is 48.7 Å². The summed E-state index contributed by atoms with van der Waals surface area (Å²) in [6.07, 6.45) is 8.16. The summed E-state index contributed by atoms with van der Waals surface area (Å²) in [4.78, 5) is 17.5. The lowest BCUT2D eigenvalue weighted by molar-refractivity contribution is 0.0924. The van der Waals surface area contributed by atoms with Gasteiger partial charge in [-0.1, -0.05) is 61.2 Å². The van der Waals surface area contributed by atoms with E-state index in [4.69, 9.17) is 16.3 Å². The fraction of sp³-hybridized carbons (Fsp3) is 0.360. The summed E-state index contributed by atoms with van der Waals surface area (Å²) >= 11 is 5.94. The van der Waals surface area contributed by atoms with Gasteiger partial charge in [-0.3, -0.25) is 4.79 Å². The van der Waals surface area contributed by atoms with E-state index in [1.54, 1.807) is 12.3 Å². The van der Waals surface area contributed by atoms with Crippen molar-refractivity contribution in [3.63, 3.8) is 0 Å². The topological polar surface area (TPSA) is 51.2 Å². The number of benzene rings is 2. The second-order valence-corrected chi connectivity index (χ2v) is 8.25. The predicted molar refractivity (Wildman–Crippen MR) is 122 cm³/mol. The Morgan fingerprint density at radius 2 is 1.90 bits per heavy atom. The SMILES string of the molecule is CCOc1c(C(=O)NC2CCCCC2)cc(Cc2ccc(Cl)nc2)c2ccccc12. The number of nitrogens with zero attached hydrogens (tertiary/aromatic N) is 1. The lowest BCUT2D eigenvalue weighted by Gasteiger charge is -2.24. The zero-order valence-electron chi connectivity index (χ0n) is 17.3. The molecule has 30 heavy (non-hydrogen) atoms. The Hall–Kier alpha value is -2.59. The van der Waals surface area contributed by atoms with Crippen molar-refractivity contribution in [1.82, 2.24) is 10.3 Å². The van der Waals surface area contributed by atoms with E-state index in [1.807, 2.05) is 37.3 Å². The molecule has 4 nitrogen and oxygen atoms in total. The normalized spacial score (nSPS) is 14.6. The van der Waals surface area contributed by atoms with E-state index in [1.165, 1.54) is 19.3 Å². The average Bonchev–Trinajstić information content (AvgIpc) is 2.77. The summed E-state index contributed by atoms with van der Waals surface area (Å²) in [6.45, 7) is 2.46. The molecule has 0 saturated heterocycles. The first-order valence-electron chi connectivity index (χ1n) is 10.7. The van der Waals surface area contributed by atoms with Crippen molar-refractivity contribution in [2.24, 2.45) is 0 Å². The van der Waals surface area contributed by atoms with Crippen molar-refractivity contribution in [2.75, 3.05) is 6.61 Å². The minimum atomic E-state index is -0.0495. The number of hydrogen-bond donors (Lipinski definition) is 1. The molecule has 1 heterocycles. The first kappa shape index (κ1) is 20.7. The zero-order chi connectivity index (χ0) is 20.9. The monoisotopic (exact) mass is 422 g/mol. The number of hydrogen-bond acceptors (Lipinski definition) is 3. The summed E-state index contributed by atoms with van der Waals surface area (Å²) in [5, 5.41) is 5.78. The number of carbonyl (C=O) groups excluding carboxylic acids is 1. The Bertz CT molecular complexity index is 1030. The van der Waals surface area contributed by atoms with E-state index >= 15 is 0 Å². The van der Waals surface area contributed by atoms with Gasteiger partial charge >= 0.3 is 0 Å². The lowest BCUT2D eigenvalue weighted by Crippen LogP contribution is -2.36. The van der Waals surface area contributed by atoms with Gasteiger partial charge in [-0.2, -0.15) is 0 Å². The maximum Gasteiger partial charge on any atom is 0.255 e. The molecule has 3 aromatic rings. The van der Waals surface area contributed by atoms with Gasteiger partial charge in [0.15, 0.2) is 0 Å². The molecule has 1 amide bonds. The molecule has 2 aromatic carbocycles. The van der Waals surface area contributed by atoms with Crippen molar-refractivity contribution < 1.29 is 9.53 Å². The molecule has 0 spiro atoms. The van der Waals surface area contributed by atoms with E-state index < -0.39 is 0 Å². The highest BCUT2D eigenvalue weighted by atomic mass is 35.5. The van der Waals surface area contributed by atoms with Gasteiger partial charge in [-0.15, -0.1) is 0 Å². The van der Waals surface area contributed by atoms with Gasteiger partial charge in [0, 0.05) is 17.6 Å². The molecule has 1 aliphatic carbocycles. The molecule has 1 fully saturated rings. The molecule has 0 aliphatic heterocycles.